The number of nitrogens with one attached hydrogen (secondary N) is 1. The maximum Gasteiger partial charge on any atom is 0.259 e. The standard InChI is InChI=1S/C17H9BrClN3O/c18-12-3-1-2-10(7-12)6-11(9-20)16-21-15-8-13(19)4-5-14(15)17(23)22-16/h1-8H,(H,21,22,23)/b11-6+. The van der Waals surface area contributed by atoms with Gasteiger partial charge in [0.1, 0.15) is 6.07 Å². The number of nitriles is 1. The Morgan fingerprint density at radius 3 is 2.87 bits per heavy atom. The van der Waals surface area contributed by atoms with E-state index in [1.54, 1.807) is 24.3 Å². The number of H-pyrrole nitrogens is 1. The summed E-state index contributed by atoms with van der Waals surface area (Å²) in [5, 5.41) is 10.3. The normalized spacial score (nSPS) is 11.4. The highest BCUT2D eigenvalue weighted by molar-refractivity contribution is 9.10. The van der Waals surface area contributed by atoms with E-state index >= 15 is 0 Å². The van der Waals surface area contributed by atoms with Gasteiger partial charge < -0.3 is 4.98 Å². The fourth-order valence-electron chi connectivity index (χ4n) is 2.16. The summed E-state index contributed by atoms with van der Waals surface area (Å²) >= 11 is 9.33. The molecule has 0 amide bonds. The van der Waals surface area contributed by atoms with Crippen LogP contribution in [0, 0.1) is 11.3 Å². The number of rotatable bonds is 2. The molecule has 0 unspecified atom stereocenters. The van der Waals surface area contributed by atoms with Gasteiger partial charge >= 0.3 is 0 Å². The summed E-state index contributed by atoms with van der Waals surface area (Å²) in [6, 6.07) is 14.4. The molecule has 0 saturated heterocycles. The van der Waals surface area contributed by atoms with Gasteiger partial charge in [-0.05, 0) is 42.0 Å². The van der Waals surface area contributed by atoms with Gasteiger partial charge in [-0.25, -0.2) is 4.98 Å². The van der Waals surface area contributed by atoms with Crippen molar-refractivity contribution in [1.82, 2.24) is 9.97 Å². The second-order valence-electron chi connectivity index (χ2n) is 4.80. The zero-order valence-electron chi connectivity index (χ0n) is 11.7. The van der Waals surface area contributed by atoms with Crippen molar-refractivity contribution in [3.63, 3.8) is 0 Å². The molecule has 6 heteroatoms. The molecule has 1 aromatic heterocycles. The van der Waals surface area contributed by atoms with Crippen molar-refractivity contribution in [3.8, 4) is 6.07 Å². The summed E-state index contributed by atoms with van der Waals surface area (Å²) in [7, 11) is 0. The summed E-state index contributed by atoms with van der Waals surface area (Å²) in [6.45, 7) is 0. The minimum absolute atomic E-state index is 0.215. The minimum atomic E-state index is -0.308. The van der Waals surface area contributed by atoms with Crippen LogP contribution in [0.5, 0.6) is 0 Å². The predicted molar refractivity (Wildman–Crippen MR) is 95.0 cm³/mol. The molecular formula is C17H9BrClN3O. The lowest BCUT2D eigenvalue weighted by Gasteiger charge is -2.03. The number of allylic oxidation sites excluding steroid dienone is 1. The molecule has 0 spiro atoms. The van der Waals surface area contributed by atoms with Crippen molar-refractivity contribution in [2.24, 2.45) is 0 Å². The van der Waals surface area contributed by atoms with E-state index < -0.39 is 0 Å². The highest BCUT2D eigenvalue weighted by Crippen LogP contribution is 2.20. The summed E-state index contributed by atoms with van der Waals surface area (Å²) in [6.07, 6.45) is 1.67. The molecule has 0 aliphatic rings. The molecule has 0 aliphatic carbocycles. The first-order valence-electron chi connectivity index (χ1n) is 6.64. The van der Waals surface area contributed by atoms with Crippen molar-refractivity contribution >= 4 is 50.1 Å². The highest BCUT2D eigenvalue weighted by atomic mass is 79.9. The van der Waals surface area contributed by atoms with Crippen LogP contribution in [0.2, 0.25) is 5.02 Å². The van der Waals surface area contributed by atoms with Crippen LogP contribution < -0.4 is 5.56 Å². The maximum atomic E-state index is 12.2. The van der Waals surface area contributed by atoms with Gasteiger partial charge in [-0.2, -0.15) is 5.26 Å². The van der Waals surface area contributed by atoms with E-state index in [4.69, 9.17) is 11.6 Å². The summed E-state index contributed by atoms with van der Waals surface area (Å²) in [5.74, 6) is 0.215. The van der Waals surface area contributed by atoms with E-state index in [9.17, 15) is 10.1 Å². The van der Waals surface area contributed by atoms with E-state index in [1.807, 2.05) is 24.3 Å². The van der Waals surface area contributed by atoms with Crippen LogP contribution in [0.4, 0.5) is 0 Å². The molecule has 0 atom stereocenters. The van der Waals surface area contributed by atoms with Crippen LogP contribution in [0.3, 0.4) is 0 Å². The molecule has 1 N–H and O–H groups in total. The molecule has 0 fully saturated rings. The predicted octanol–water partition coefficient (Wildman–Crippen LogP) is 4.40. The monoisotopic (exact) mass is 385 g/mol. The first kappa shape index (κ1) is 15.5. The molecule has 0 radical (unpaired) electrons. The Morgan fingerprint density at radius 1 is 1.30 bits per heavy atom. The number of fused-ring (bicyclic) bond motifs is 1. The van der Waals surface area contributed by atoms with Gasteiger partial charge in [0.25, 0.3) is 5.56 Å². The van der Waals surface area contributed by atoms with Crippen molar-refractivity contribution in [3.05, 3.63) is 73.7 Å². The van der Waals surface area contributed by atoms with Gasteiger partial charge in [0, 0.05) is 9.50 Å². The van der Waals surface area contributed by atoms with Crippen LogP contribution in [-0.2, 0) is 0 Å². The minimum Gasteiger partial charge on any atom is -0.305 e. The van der Waals surface area contributed by atoms with Gasteiger partial charge in [-0.15, -0.1) is 0 Å². The smallest absolute Gasteiger partial charge is 0.259 e. The molecule has 4 nitrogen and oxygen atoms in total. The summed E-state index contributed by atoms with van der Waals surface area (Å²) < 4.78 is 0.898. The Morgan fingerprint density at radius 2 is 2.13 bits per heavy atom. The Labute approximate surface area is 145 Å². The fraction of sp³-hybridized carbons (Fsp3) is 0. The molecule has 3 rings (SSSR count). The van der Waals surface area contributed by atoms with Crippen molar-refractivity contribution in [2.75, 3.05) is 0 Å². The molecule has 1 heterocycles. The van der Waals surface area contributed by atoms with E-state index in [1.165, 1.54) is 0 Å². The van der Waals surface area contributed by atoms with Crippen LogP contribution in [0.15, 0.2) is 51.7 Å². The quantitative estimate of drug-likeness (QED) is 0.664. The summed E-state index contributed by atoms with van der Waals surface area (Å²) in [4.78, 5) is 19.1. The first-order chi connectivity index (χ1) is 11.1. The summed E-state index contributed by atoms with van der Waals surface area (Å²) in [5.41, 5.74) is 1.23. The zero-order valence-corrected chi connectivity index (χ0v) is 14.0. The van der Waals surface area contributed by atoms with Crippen LogP contribution in [0.1, 0.15) is 11.4 Å². The Hall–Kier alpha value is -2.42. The largest absolute Gasteiger partial charge is 0.305 e. The molecule has 2 aromatic carbocycles. The van der Waals surface area contributed by atoms with E-state index in [0.29, 0.717) is 15.9 Å². The number of hydrogen-bond acceptors (Lipinski definition) is 3. The fourth-order valence-corrected chi connectivity index (χ4v) is 2.74. The van der Waals surface area contributed by atoms with Gasteiger partial charge in [-0.3, -0.25) is 4.79 Å². The zero-order chi connectivity index (χ0) is 16.4. The van der Waals surface area contributed by atoms with E-state index in [-0.39, 0.29) is 17.0 Å². The average molecular weight is 387 g/mol. The van der Waals surface area contributed by atoms with Gasteiger partial charge in [0.15, 0.2) is 5.82 Å². The third-order valence-electron chi connectivity index (χ3n) is 3.20. The lowest BCUT2D eigenvalue weighted by atomic mass is 10.1. The van der Waals surface area contributed by atoms with Gasteiger partial charge in [-0.1, -0.05) is 39.7 Å². The molecule has 3 aromatic rings. The molecule has 112 valence electrons. The third-order valence-corrected chi connectivity index (χ3v) is 3.93. The van der Waals surface area contributed by atoms with Gasteiger partial charge in [0.05, 0.1) is 16.5 Å². The second-order valence-corrected chi connectivity index (χ2v) is 6.15. The third kappa shape index (κ3) is 3.34. The second kappa shape index (κ2) is 6.37. The van der Waals surface area contributed by atoms with Crippen LogP contribution in [0.25, 0.3) is 22.6 Å². The molecule has 23 heavy (non-hydrogen) atoms. The lowest BCUT2D eigenvalue weighted by Crippen LogP contribution is -2.11. The number of aromatic nitrogens is 2. The number of benzene rings is 2. The van der Waals surface area contributed by atoms with Crippen LogP contribution >= 0.6 is 27.5 Å². The highest BCUT2D eigenvalue weighted by Gasteiger charge is 2.09. The van der Waals surface area contributed by atoms with E-state index in [2.05, 4.69) is 32.0 Å². The first-order valence-corrected chi connectivity index (χ1v) is 7.81. The van der Waals surface area contributed by atoms with Crippen molar-refractivity contribution in [2.45, 2.75) is 0 Å². The topological polar surface area (TPSA) is 69.5 Å². The Bertz CT molecular complexity index is 1030. The van der Waals surface area contributed by atoms with E-state index in [0.717, 1.165) is 10.0 Å². The Balaban J connectivity index is 2.17. The van der Waals surface area contributed by atoms with Crippen molar-refractivity contribution < 1.29 is 0 Å². The number of hydrogen-bond donors (Lipinski definition) is 1. The molecule has 0 aliphatic heterocycles. The molecule has 0 bridgehead atoms. The average Bonchev–Trinajstić information content (AvgIpc) is 2.52. The number of aromatic amines is 1. The Kier molecular flexibility index (Phi) is 4.28. The number of halogens is 2. The SMILES string of the molecule is N#C/C(=C\c1cccc(Br)c1)c1nc2cc(Cl)ccc2c(=O)[nH]1. The molecule has 0 saturated carbocycles. The maximum absolute atomic E-state index is 12.2. The molecular weight excluding hydrogens is 378 g/mol. The van der Waals surface area contributed by atoms with Crippen molar-refractivity contribution in [1.29, 1.82) is 5.26 Å². The lowest BCUT2D eigenvalue weighted by molar-refractivity contribution is 1.13. The number of nitrogens with zero attached hydrogens (tertiary/aromatic N) is 2. The van der Waals surface area contributed by atoms with Gasteiger partial charge in [0.2, 0.25) is 0 Å². The van der Waals surface area contributed by atoms with Crippen LogP contribution in [-0.4, -0.2) is 9.97 Å².